The highest BCUT2D eigenvalue weighted by Crippen LogP contribution is 2.32. The molecule has 1 aromatic heterocycles. The van der Waals surface area contributed by atoms with Crippen LogP contribution in [-0.2, 0) is 7.05 Å². The summed E-state index contributed by atoms with van der Waals surface area (Å²) in [7, 11) is 5.61. The lowest BCUT2D eigenvalue weighted by Gasteiger charge is -2.24. The molecule has 0 spiro atoms. The van der Waals surface area contributed by atoms with Crippen LogP contribution in [0.4, 0.5) is 5.69 Å². The molecule has 2 aliphatic rings. The summed E-state index contributed by atoms with van der Waals surface area (Å²) in [5.41, 5.74) is 2.52. The highest BCUT2D eigenvalue weighted by atomic mass is 16.5. The first kappa shape index (κ1) is 19.6. The number of guanidine groups is 1. The molecule has 1 aromatic carbocycles. The zero-order chi connectivity index (χ0) is 20.2. The Morgan fingerprint density at radius 2 is 2.10 bits per heavy atom. The molecule has 2 aromatic rings. The molecule has 7 heteroatoms. The van der Waals surface area contributed by atoms with Crippen molar-refractivity contribution in [3.05, 3.63) is 42.2 Å². The number of methoxy groups -OCH3 is 1. The second-order valence-corrected chi connectivity index (χ2v) is 8.08. The number of aromatic nitrogens is 2. The molecular formula is C22H32N6O. The molecule has 0 bridgehead atoms. The van der Waals surface area contributed by atoms with Crippen LogP contribution in [0, 0.1) is 5.92 Å². The number of hydrogen-bond donors (Lipinski definition) is 1. The lowest BCUT2D eigenvalue weighted by atomic mass is 10.0. The van der Waals surface area contributed by atoms with E-state index in [0.29, 0.717) is 11.8 Å². The van der Waals surface area contributed by atoms with Gasteiger partial charge in [-0.1, -0.05) is 12.1 Å². The van der Waals surface area contributed by atoms with Crippen LogP contribution in [0.2, 0.25) is 0 Å². The van der Waals surface area contributed by atoms with Gasteiger partial charge in [0.25, 0.3) is 0 Å². The predicted octanol–water partition coefficient (Wildman–Crippen LogP) is 2.32. The van der Waals surface area contributed by atoms with Gasteiger partial charge in [-0.15, -0.1) is 0 Å². The van der Waals surface area contributed by atoms with Crippen molar-refractivity contribution in [3.8, 4) is 5.75 Å². The summed E-state index contributed by atoms with van der Waals surface area (Å²) in [6.45, 7) is 5.10. The fourth-order valence-electron chi connectivity index (χ4n) is 4.55. The van der Waals surface area contributed by atoms with Gasteiger partial charge in [-0.3, -0.25) is 9.67 Å². The van der Waals surface area contributed by atoms with Gasteiger partial charge in [-0.2, -0.15) is 5.10 Å². The molecule has 2 saturated heterocycles. The molecule has 0 saturated carbocycles. The monoisotopic (exact) mass is 396 g/mol. The van der Waals surface area contributed by atoms with Gasteiger partial charge in [-0.05, 0) is 36.5 Å². The van der Waals surface area contributed by atoms with Crippen molar-refractivity contribution < 1.29 is 4.74 Å². The summed E-state index contributed by atoms with van der Waals surface area (Å²) < 4.78 is 7.42. The molecule has 4 rings (SSSR count). The van der Waals surface area contributed by atoms with E-state index in [2.05, 4.69) is 43.5 Å². The maximum atomic E-state index is 5.54. The molecule has 2 atom stereocenters. The van der Waals surface area contributed by atoms with E-state index in [4.69, 9.17) is 4.74 Å². The zero-order valence-electron chi connectivity index (χ0n) is 17.7. The number of nitrogens with one attached hydrogen (secondary N) is 1. The normalized spacial score (nSPS) is 22.4. The van der Waals surface area contributed by atoms with Crippen LogP contribution in [0.3, 0.4) is 0 Å². The van der Waals surface area contributed by atoms with Crippen LogP contribution in [0.15, 0.2) is 41.7 Å². The number of aryl methyl sites for hydroxylation is 1. The van der Waals surface area contributed by atoms with Gasteiger partial charge in [0.05, 0.1) is 19.0 Å². The smallest absolute Gasteiger partial charge is 0.193 e. The predicted molar refractivity (Wildman–Crippen MR) is 117 cm³/mol. The van der Waals surface area contributed by atoms with Crippen LogP contribution >= 0.6 is 0 Å². The van der Waals surface area contributed by atoms with Crippen LogP contribution in [-0.4, -0.2) is 67.5 Å². The quantitative estimate of drug-likeness (QED) is 0.621. The molecule has 0 amide bonds. The van der Waals surface area contributed by atoms with Crippen molar-refractivity contribution in [2.45, 2.75) is 18.8 Å². The second kappa shape index (κ2) is 8.76. The first-order chi connectivity index (χ1) is 14.2. The van der Waals surface area contributed by atoms with E-state index in [9.17, 15) is 0 Å². The Morgan fingerprint density at radius 3 is 2.86 bits per heavy atom. The third-order valence-electron chi connectivity index (χ3n) is 6.16. The van der Waals surface area contributed by atoms with Gasteiger partial charge < -0.3 is 19.9 Å². The molecule has 2 unspecified atom stereocenters. The molecule has 1 N–H and O–H groups in total. The Morgan fingerprint density at radius 1 is 1.24 bits per heavy atom. The Labute approximate surface area is 173 Å². The molecule has 0 aliphatic carbocycles. The summed E-state index contributed by atoms with van der Waals surface area (Å²) >= 11 is 0. The standard InChI is InChI=1S/C22H32N6O/c1-23-22(28-11-9-18(16-28)19-13-25-26(2)15-19)24-12-17-8-10-27(14-17)20-6-4-5-7-21(20)29-3/h4-7,13,15,17-18H,8-12,14,16H2,1-3H3,(H,23,24). The maximum absolute atomic E-state index is 5.54. The van der Waals surface area contributed by atoms with E-state index in [-0.39, 0.29) is 0 Å². The number of benzene rings is 1. The van der Waals surface area contributed by atoms with E-state index in [1.807, 2.05) is 37.1 Å². The Kier molecular flexibility index (Phi) is 5.92. The van der Waals surface area contributed by atoms with E-state index < -0.39 is 0 Å². The average molecular weight is 397 g/mol. The largest absolute Gasteiger partial charge is 0.495 e. The average Bonchev–Trinajstić information content (AvgIpc) is 3.49. The van der Waals surface area contributed by atoms with Gasteiger partial charge in [0.1, 0.15) is 5.75 Å². The van der Waals surface area contributed by atoms with Crippen molar-refractivity contribution in [3.63, 3.8) is 0 Å². The number of para-hydroxylation sites is 2. The summed E-state index contributed by atoms with van der Waals surface area (Å²) in [4.78, 5) is 9.36. The highest BCUT2D eigenvalue weighted by Gasteiger charge is 2.28. The van der Waals surface area contributed by atoms with Crippen LogP contribution in [0.5, 0.6) is 5.75 Å². The second-order valence-electron chi connectivity index (χ2n) is 8.08. The van der Waals surface area contributed by atoms with Crippen molar-refractivity contribution in [2.75, 3.05) is 51.8 Å². The molecular weight excluding hydrogens is 364 g/mol. The summed E-state index contributed by atoms with van der Waals surface area (Å²) in [6, 6.07) is 8.29. The van der Waals surface area contributed by atoms with Gasteiger partial charge >= 0.3 is 0 Å². The maximum Gasteiger partial charge on any atom is 0.193 e. The Balaban J connectivity index is 1.29. The number of ether oxygens (including phenoxy) is 1. The SMILES string of the molecule is CN=C(NCC1CCN(c2ccccc2OC)C1)N1CCC(c2cnn(C)c2)C1. The molecule has 2 fully saturated rings. The molecule has 29 heavy (non-hydrogen) atoms. The minimum atomic E-state index is 0.537. The first-order valence-electron chi connectivity index (χ1n) is 10.5. The topological polar surface area (TPSA) is 57.9 Å². The number of anilines is 1. The van der Waals surface area contributed by atoms with Crippen LogP contribution < -0.4 is 15.0 Å². The van der Waals surface area contributed by atoms with Gasteiger partial charge in [0.15, 0.2) is 5.96 Å². The number of nitrogens with zero attached hydrogens (tertiary/aromatic N) is 5. The van der Waals surface area contributed by atoms with Gasteiger partial charge in [0, 0.05) is 58.9 Å². The van der Waals surface area contributed by atoms with E-state index in [1.54, 1.807) is 7.11 Å². The van der Waals surface area contributed by atoms with Crippen molar-refractivity contribution >= 4 is 11.6 Å². The lowest BCUT2D eigenvalue weighted by molar-refractivity contribution is 0.414. The Hall–Kier alpha value is -2.70. The summed E-state index contributed by atoms with van der Waals surface area (Å²) in [5, 5.41) is 7.95. The van der Waals surface area contributed by atoms with Crippen LogP contribution in [0.1, 0.15) is 24.3 Å². The van der Waals surface area contributed by atoms with E-state index in [1.165, 1.54) is 17.7 Å². The summed E-state index contributed by atoms with van der Waals surface area (Å²) in [6.07, 6.45) is 6.46. The molecule has 0 radical (unpaired) electrons. The summed E-state index contributed by atoms with van der Waals surface area (Å²) in [5.74, 6) is 3.12. The van der Waals surface area contributed by atoms with E-state index in [0.717, 1.165) is 50.9 Å². The first-order valence-corrected chi connectivity index (χ1v) is 10.5. The molecule has 2 aliphatic heterocycles. The van der Waals surface area contributed by atoms with Crippen LogP contribution in [0.25, 0.3) is 0 Å². The van der Waals surface area contributed by atoms with Crippen molar-refractivity contribution in [1.82, 2.24) is 20.0 Å². The Bertz CT molecular complexity index is 847. The fraction of sp³-hybridized carbons (Fsp3) is 0.545. The van der Waals surface area contributed by atoms with Gasteiger partial charge in [-0.25, -0.2) is 0 Å². The third-order valence-corrected chi connectivity index (χ3v) is 6.16. The highest BCUT2D eigenvalue weighted by molar-refractivity contribution is 5.80. The van der Waals surface area contributed by atoms with Crippen molar-refractivity contribution in [2.24, 2.45) is 18.0 Å². The zero-order valence-corrected chi connectivity index (χ0v) is 17.7. The minimum absolute atomic E-state index is 0.537. The van der Waals surface area contributed by atoms with Crippen molar-refractivity contribution in [1.29, 1.82) is 0 Å². The van der Waals surface area contributed by atoms with E-state index >= 15 is 0 Å². The number of rotatable bonds is 5. The van der Waals surface area contributed by atoms with Gasteiger partial charge in [0.2, 0.25) is 0 Å². The molecule has 7 nitrogen and oxygen atoms in total. The number of hydrogen-bond acceptors (Lipinski definition) is 4. The number of likely N-dealkylation sites (tertiary alicyclic amines) is 1. The lowest BCUT2D eigenvalue weighted by Crippen LogP contribution is -2.42. The number of aliphatic imine (C=N–C) groups is 1. The third kappa shape index (κ3) is 4.33. The molecule has 156 valence electrons. The molecule has 3 heterocycles. The fourth-order valence-corrected chi connectivity index (χ4v) is 4.55. The minimum Gasteiger partial charge on any atom is -0.495 e.